The summed E-state index contributed by atoms with van der Waals surface area (Å²) >= 11 is 0. The molecule has 1 amide bonds. The molecule has 2 bridgehead atoms. The number of carbonyl (C=O) groups is 1. The van der Waals surface area contributed by atoms with Gasteiger partial charge in [-0.3, -0.25) is 4.79 Å². The Morgan fingerprint density at radius 3 is 2.47 bits per heavy atom. The van der Waals surface area contributed by atoms with Crippen LogP contribution in [0.1, 0.15) is 52.4 Å². The van der Waals surface area contributed by atoms with Crippen LogP contribution in [0.5, 0.6) is 0 Å². The van der Waals surface area contributed by atoms with Crippen molar-refractivity contribution in [2.45, 2.75) is 76.5 Å². The van der Waals surface area contributed by atoms with Gasteiger partial charge in [0.15, 0.2) is 0 Å². The molecule has 2 aliphatic rings. The fraction of sp³-hybridized carbons (Fsp3) is 0.933. The van der Waals surface area contributed by atoms with Crippen LogP contribution in [0.2, 0.25) is 0 Å². The van der Waals surface area contributed by atoms with Crippen LogP contribution < -0.4 is 11.1 Å². The molecule has 2 fully saturated rings. The Morgan fingerprint density at radius 1 is 1.37 bits per heavy atom. The quantitative estimate of drug-likeness (QED) is 0.811. The highest BCUT2D eigenvalue weighted by Crippen LogP contribution is 2.32. The molecule has 0 aromatic heterocycles. The fourth-order valence-electron chi connectivity index (χ4n) is 3.54. The van der Waals surface area contributed by atoms with E-state index in [1.165, 1.54) is 19.3 Å². The first-order chi connectivity index (χ1) is 9.02. The van der Waals surface area contributed by atoms with E-state index in [1.807, 2.05) is 6.92 Å². The normalized spacial score (nSPS) is 34.6. The number of amides is 1. The standard InChI is InChI=1S/C15H29N3O/c1-4-10(2)14(16)15(19)17-11-8-12-6-5-7-13(9-11)18(12)3/h10-14H,4-9,16H2,1-3H3,(H,17,19)/t10?,11?,12?,13?,14-/m0/s1. The second-order valence-corrected chi connectivity index (χ2v) is 6.49. The second-order valence-electron chi connectivity index (χ2n) is 6.49. The Bertz CT molecular complexity index is 307. The molecule has 0 spiro atoms. The van der Waals surface area contributed by atoms with Crippen molar-refractivity contribution >= 4 is 5.91 Å². The van der Waals surface area contributed by atoms with Crippen LogP contribution >= 0.6 is 0 Å². The molecule has 0 aliphatic carbocycles. The highest BCUT2D eigenvalue weighted by Gasteiger charge is 2.37. The summed E-state index contributed by atoms with van der Waals surface area (Å²) in [5, 5.41) is 3.19. The topological polar surface area (TPSA) is 58.4 Å². The van der Waals surface area contributed by atoms with E-state index in [1.54, 1.807) is 0 Å². The molecule has 4 atom stereocenters. The van der Waals surface area contributed by atoms with E-state index in [2.05, 4.69) is 24.2 Å². The summed E-state index contributed by atoms with van der Waals surface area (Å²) < 4.78 is 0. The van der Waals surface area contributed by atoms with Crippen LogP contribution in [0, 0.1) is 5.92 Å². The molecule has 0 aromatic carbocycles. The van der Waals surface area contributed by atoms with Gasteiger partial charge in [-0.2, -0.15) is 0 Å². The first-order valence-corrected chi connectivity index (χ1v) is 7.80. The Kier molecular flexibility index (Phi) is 4.85. The molecular weight excluding hydrogens is 238 g/mol. The van der Waals surface area contributed by atoms with Crippen molar-refractivity contribution < 1.29 is 4.79 Å². The minimum Gasteiger partial charge on any atom is -0.352 e. The predicted molar refractivity (Wildman–Crippen MR) is 77.8 cm³/mol. The lowest BCUT2D eigenvalue weighted by atomic mass is 9.82. The summed E-state index contributed by atoms with van der Waals surface area (Å²) in [4.78, 5) is 14.7. The van der Waals surface area contributed by atoms with Crippen LogP contribution in [0.15, 0.2) is 0 Å². The maximum absolute atomic E-state index is 12.2. The molecule has 2 heterocycles. The van der Waals surface area contributed by atoms with E-state index in [0.717, 1.165) is 19.3 Å². The number of rotatable bonds is 4. The summed E-state index contributed by atoms with van der Waals surface area (Å²) in [6, 6.07) is 1.27. The van der Waals surface area contributed by atoms with Gasteiger partial charge in [-0.1, -0.05) is 26.7 Å². The molecule has 2 saturated heterocycles. The third-order valence-electron chi connectivity index (χ3n) is 5.25. The van der Waals surface area contributed by atoms with Gasteiger partial charge in [-0.15, -0.1) is 0 Å². The summed E-state index contributed by atoms with van der Waals surface area (Å²) in [7, 11) is 2.23. The number of nitrogens with zero attached hydrogens (tertiary/aromatic N) is 1. The monoisotopic (exact) mass is 267 g/mol. The lowest BCUT2D eigenvalue weighted by Crippen LogP contribution is -2.57. The van der Waals surface area contributed by atoms with Crippen molar-refractivity contribution in [3.63, 3.8) is 0 Å². The summed E-state index contributed by atoms with van der Waals surface area (Å²) in [6.45, 7) is 4.13. The number of carbonyl (C=O) groups excluding carboxylic acids is 1. The zero-order chi connectivity index (χ0) is 14.0. The second kappa shape index (κ2) is 6.23. The van der Waals surface area contributed by atoms with Gasteiger partial charge in [-0.05, 0) is 38.6 Å². The number of fused-ring (bicyclic) bond motifs is 2. The molecular formula is C15H29N3O. The van der Waals surface area contributed by atoms with E-state index in [4.69, 9.17) is 5.73 Å². The van der Waals surface area contributed by atoms with Crippen LogP contribution in [0.4, 0.5) is 0 Å². The van der Waals surface area contributed by atoms with Crippen molar-refractivity contribution in [2.24, 2.45) is 11.7 Å². The molecule has 19 heavy (non-hydrogen) atoms. The number of hydrogen-bond donors (Lipinski definition) is 2. The molecule has 0 saturated carbocycles. The Balaban J connectivity index is 1.88. The number of hydrogen-bond acceptors (Lipinski definition) is 3. The zero-order valence-electron chi connectivity index (χ0n) is 12.6. The first-order valence-electron chi connectivity index (χ1n) is 7.80. The van der Waals surface area contributed by atoms with Crippen molar-refractivity contribution in [2.75, 3.05) is 7.05 Å². The Morgan fingerprint density at radius 2 is 1.95 bits per heavy atom. The minimum absolute atomic E-state index is 0.0435. The first kappa shape index (κ1) is 14.8. The van der Waals surface area contributed by atoms with E-state index >= 15 is 0 Å². The van der Waals surface area contributed by atoms with Gasteiger partial charge in [0.2, 0.25) is 5.91 Å². The highest BCUT2D eigenvalue weighted by atomic mass is 16.2. The average molecular weight is 267 g/mol. The third kappa shape index (κ3) is 3.29. The van der Waals surface area contributed by atoms with Gasteiger partial charge in [-0.25, -0.2) is 0 Å². The third-order valence-corrected chi connectivity index (χ3v) is 5.25. The lowest BCUT2D eigenvalue weighted by molar-refractivity contribution is -0.124. The van der Waals surface area contributed by atoms with Gasteiger partial charge in [0.1, 0.15) is 0 Å². The maximum atomic E-state index is 12.2. The predicted octanol–water partition coefficient (Wildman–Crippen LogP) is 1.49. The molecule has 4 heteroatoms. The summed E-state index contributed by atoms with van der Waals surface area (Å²) in [6.07, 6.45) is 7.02. The number of nitrogens with one attached hydrogen (secondary N) is 1. The van der Waals surface area contributed by atoms with E-state index in [-0.39, 0.29) is 17.9 Å². The molecule has 0 aromatic rings. The fourth-order valence-corrected chi connectivity index (χ4v) is 3.54. The zero-order valence-corrected chi connectivity index (χ0v) is 12.6. The van der Waals surface area contributed by atoms with Crippen molar-refractivity contribution in [1.29, 1.82) is 0 Å². The van der Waals surface area contributed by atoms with Crippen LogP contribution in [-0.4, -0.2) is 42.0 Å². The van der Waals surface area contributed by atoms with Gasteiger partial charge < -0.3 is 16.0 Å². The minimum atomic E-state index is -0.357. The number of nitrogens with two attached hydrogens (primary N) is 1. The smallest absolute Gasteiger partial charge is 0.237 e. The molecule has 4 nitrogen and oxygen atoms in total. The van der Waals surface area contributed by atoms with Crippen LogP contribution in [0.3, 0.4) is 0 Å². The van der Waals surface area contributed by atoms with E-state index in [9.17, 15) is 4.79 Å². The molecule has 3 unspecified atom stereocenters. The molecule has 3 N–H and O–H groups in total. The van der Waals surface area contributed by atoms with E-state index < -0.39 is 0 Å². The van der Waals surface area contributed by atoms with Crippen LogP contribution in [0.25, 0.3) is 0 Å². The molecule has 2 rings (SSSR count). The van der Waals surface area contributed by atoms with Gasteiger partial charge >= 0.3 is 0 Å². The largest absolute Gasteiger partial charge is 0.352 e. The summed E-state index contributed by atoms with van der Waals surface area (Å²) in [5.74, 6) is 0.299. The molecule has 0 radical (unpaired) electrons. The molecule has 2 aliphatic heterocycles. The number of piperidine rings is 2. The SMILES string of the molecule is CCC(C)[C@H](N)C(=O)NC1CC2CCCC(C1)N2C. The Hall–Kier alpha value is -0.610. The van der Waals surface area contributed by atoms with Gasteiger partial charge in [0.25, 0.3) is 0 Å². The summed E-state index contributed by atoms with van der Waals surface area (Å²) in [5.41, 5.74) is 6.01. The van der Waals surface area contributed by atoms with Crippen molar-refractivity contribution in [3.8, 4) is 0 Å². The van der Waals surface area contributed by atoms with Crippen molar-refractivity contribution in [1.82, 2.24) is 10.2 Å². The van der Waals surface area contributed by atoms with Crippen molar-refractivity contribution in [3.05, 3.63) is 0 Å². The Labute approximate surface area is 117 Å². The average Bonchev–Trinajstić information content (AvgIpc) is 2.38. The van der Waals surface area contributed by atoms with Crippen LogP contribution in [-0.2, 0) is 4.79 Å². The van der Waals surface area contributed by atoms with Gasteiger partial charge in [0.05, 0.1) is 6.04 Å². The lowest BCUT2D eigenvalue weighted by Gasteiger charge is -2.47. The molecule has 110 valence electrons. The highest BCUT2D eigenvalue weighted by molar-refractivity contribution is 5.82. The van der Waals surface area contributed by atoms with E-state index in [0.29, 0.717) is 18.1 Å². The van der Waals surface area contributed by atoms with Gasteiger partial charge in [0, 0.05) is 18.1 Å². The maximum Gasteiger partial charge on any atom is 0.237 e.